The van der Waals surface area contributed by atoms with E-state index >= 15 is 0 Å². The first-order valence-corrected chi connectivity index (χ1v) is 6.24. The van der Waals surface area contributed by atoms with Gasteiger partial charge in [-0.05, 0) is 35.9 Å². The van der Waals surface area contributed by atoms with Crippen LogP contribution in [-0.2, 0) is 6.54 Å². The fourth-order valence-electron chi connectivity index (χ4n) is 2.22. The van der Waals surface area contributed by atoms with Gasteiger partial charge in [-0.1, -0.05) is 18.2 Å². The molecule has 5 nitrogen and oxygen atoms in total. The van der Waals surface area contributed by atoms with Crippen LogP contribution in [0.1, 0.15) is 15.9 Å². The summed E-state index contributed by atoms with van der Waals surface area (Å²) in [7, 11) is 0. The second-order valence-corrected chi connectivity index (χ2v) is 4.60. The summed E-state index contributed by atoms with van der Waals surface area (Å²) in [5, 5.41) is 0. The molecular formula is C15H14N4O. The van der Waals surface area contributed by atoms with Crippen molar-refractivity contribution in [2.75, 3.05) is 4.90 Å². The smallest absolute Gasteiger partial charge is 0.248 e. The Bertz CT molecular complexity index is 691. The number of nitrogens with zero attached hydrogens (tertiary/aromatic N) is 2. The van der Waals surface area contributed by atoms with Crippen LogP contribution < -0.4 is 16.4 Å². The van der Waals surface area contributed by atoms with E-state index in [9.17, 15) is 4.79 Å². The number of fused-ring (bicyclic) bond motifs is 1. The molecule has 0 bridgehead atoms. The normalized spacial score (nSPS) is 13.6. The van der Waals surface area contributed by atoms with Crippen molar-refractivity contribution in [2.24, 2.45) is 16.5 Å². The van der Waals surface area contributed by atoms with Crippen molar-refractivity contribution >= 4 is 23.2 Å². The number of carbonyl (C=O) groups excluding carboxylic acids is 1. The first-order chi connectivity index (χ1) is 9.65. The zero-order valence-corrected chi connectivity index (χ0v) is 10.8. The zero-order chi connectivity index (χ0) is 14.1. The van der Waals surface area contributed by atoms with Gasteiger partial charge in [-0.2, -0.15) is 0 Å². The van der Waals surface area contributed by atoms with Gasteiger partial charge in [0.1, 0.15) is 0 Å². The Morgan fingerprint density at radius 2 is 1.80 bits per heavy atom. The van der Waals surface area contributed by atoms with Crippen molar-refractivity contribution in [3.05, 3.63) is 59.7 Å². The molecule has 100 valence electrons. The van der Waals surface area contributed by atoms with Gasteiger partial charge in [0.05, 0.1) is 12.2 Å². The van der Waals surface area contributed by atoms with Gasteiger partial charge in [0.15, 0.2) is 0 Å². The molecule has 1 heterocycles. The number of guanidine groups is 1. The summed E-state index contributed by atoms with van der Waals surface area (Å²) in [5.74, 6) is -0.00213. The van der Waals surface area contributed by atoms with Crippen LogP contribution in [0.25, 0.3) is 0 Å². The first-order valence-electron chi connectivity index (χ1n) is 6.24. The molecule has 2 aromatic rings. The summed E-state index contributed by atoms with van der Waals surface area (Å²) in [5.41, 5.74) is 14.6. The molecule has 4 N–H and O–H groups in total. The predicted molar refractivity (Wildman–Crippen MR) is 78.9 cm³/mol. The number of para-hydroxylation sites is 1. The van der Waals surface area contributed by atoms with Crippen LogP contribution in [0.3, 0.4) is 0 Å². The molecule has 20 heavy (non-hydrogen) atoms. The molecular weight excluding hydrogens is 252 g/mol. The highest BCUT2D eigenvalue weighted by Gasteiger charge is 2.18. The van der Waals surface area contributed by atoms with E-state index in [1.165, 1.54) is 0 Å². The molecule has 5 heteroatoms. The predicted octanol–water partition coefficient (Wildman–Crippen LogP) is 1.75. The Balaban J connectivity index is 1.94. The fourth-order valence-corrected chi connectivity index (χ4v) is 2.22. The van der Waals surface area contributed by atoms with Crippen LogP contribution in [0.15, 0.2) is 53.5 Å². The molecule has 1 aliphatic rings. The van der Waals surface area contributed by atoms with Gasteiger partial charge >= 0.3 is 0 Å². The van der Waals surface area contributed by atoms with Gasteiger partial charge in [0.25, 0.3) is 0 Å². The Morgan fingerprint density at radius 3 is 2.50 bits per heavy atom. The van der Waals surface area contributed by atoms with Crippen LogP contribution in [0.2, 0.25) is 0 Å². The second-order valence-electron chi connectivity index (χ2n) is 4.60. The highest BCUT2D eigenvalue weighted by molar-refractivity contribution is 5.99. The Morgan fingerprint density at radius 1 is 1.10 bits per heavy atom. The third kappa shape index (κ3) is 2.09. The number of hydrogen-bond acceptors (Lipinski definition) is 4. The Kier molecular flexibility index (Phi) is 2.87. The number of anilines is 1. The molecule has 0 unspecified atom stereocenters. The minimum atomic E-state index is -0.442. The molecule has 0 aromatic heterocycles. The minimum absolute atomic E-state index is 0.440. The van der Waals surface area contributed by atoms with E-state index in [2.05, 4.69) is 4.99 Å². The first kappa shape index (κ1) is 12.2. The maximum absolute atomic E-state index is 11.1. The molecule has 2 aromatic carbocycles. The molecule has 0 fully saturated rings. The van der Waals surface area contributed by atoms with E-state index in [-0.39, 0.29) is 0 Å². The average molecular weight is 266 g/mol. The number of rotatable bonds is 2. The lowest BCUT2D eigenvalue weighted by Gasteiger charge is -2.28. The van der Waals surface area contributed by atoms with Crippen LogP contribution in [0.5, 0.6) is 0 Å². The van der Waals surface area contributed by atoms with Crippen molar-refractivity contribution in [1.82, 2.24) is 0 Å². The standard InChI is InChI=1S/C15H14N4O/c16-14(20)10-5-7-12(8-6-10)19-9-11-3-1-2-4-13(11)18-15(19)17/h1-8H,9H2,(H2,16,20)(H2,17,18). The van der Waals surface area contributed by atoms with E-state index in [0.717, 1.165) is 16.9 Å². The summed E-state index contributed by atoms with van der Waals surface area (Å²) < 4.78 is 0. The Labute approximate surface area is 116 Å². The lowest BCUT2D eigenvalue weighted by Crippen LogP contribution is -2.38. The highest BCUT2D eigenvalue weighted by atomic mass is 16.1. The van der Waals surface area contributed by atoms with Gasteiger partial charge in [0.2, 0.25) is 11.9 Å². The lowest BCUT2D eigenvalue weighted by atomic mass is 10.1. The highest BCUT2D eigenvalue weighted by Crippen LogP contribution is 2.28. The lowest BCUT2D eigenvalue weighted by molar-refractivity contribution is 0.100. The molecule has 0 spiro atoms. The van der Waals surface area contributed by atoms with Crippen molar-refractivity contribution < 1.29 is 4.79 Å². The maximum Gasteiger partial charge on any atom is 0.248 e. The van der Waals surface area contributed by atoms with E-state index < -0.39 is 5.91 Å². The number of aliphatic imine (C=N–C) groups is 1. The topological polar surface area (TPSA) is 84.7 Å². The van der Waals surface area contributed by atoms with Crippen molar-refractivity contribution in [3.8, 4) is 0 Å². The molecule has 0 atom stereocenters. The van der Waals surface area contributed by atoms with Crippen molar-refractivity contribution in [1.29, 1.82) is 0 Å². The summed E-state index contributed by atoms with van der Waals surface area (Å²) in [6.45, 7) is 0.654. The maximum atomic E-state index is 11.1. The van der Waals surface area contributed by atoms with Crippen molar-refractivity contribution in [2.45, 2.75) is 6.54 Å². The monoisotopic (exact) mass is 266 g/mol. The number of benzene rings is 2. The Hall–Kier alpha value is -2.82. The third-order valence-electron chi connectivity index (χ3n) is 3.30. The summed E-state index contributed by atoms with van der Waals surface area (Å²) in [6.07, 6.45) is 0. The summed E-state index contributed by atoms with van der Waals surface area (Å²) >= 11 is 0. The zero-order valence-electron chi connectivity index (χ0n) is 10.8. The van der Waals surface area contributed by atoms with E-state index in [1.807, 2.05) is 41.3 Å². The van der Waals surface area contributed by atoms with E-state index in [0.29, 0.717) is 18.1 Å². The van der Waals surface area contributed by atoms with Crippen molar-refractivity contribution in [3.63, 3.8) is 0 Å². The minimum Gasteiger partial charge on any atom is -0.369 e. The second kappa shape index (κ2) is 4.70. The van der Waals surface area contributed by atoms with Crippen LogP contribution in [0.4, 0.5) is 11.4 Å². The quantitative estimate of drug-likeness (QED) is 0.868. The van der Waals surface area contributed by atoms with E-state index in [4.69, 9.17) is 11.5 Å². The third-order valence-corrected chi connectivity index (χ3v) is 3.30. The SMILES string of the molecule is NC(=O)c1ccc(N2Cc3ccccc3N=C2N)cc1. The number of carbonyl (C=O) groups is 1. The molecule has 3 rings (SSSR count). The van der Waals surface area contributed by atoms with E-state index in [1.54, 1.807) is 12.1 Å². The van der Waals surface area contributed by atoms with Crippen LogP contribution >= 0.6 is 0 Å². The number of amides is 1. The fraction of sp³-hybridized carbons (Fsp3) is 0.0667. The number of hydrogen-bond donors (Lipinski definition) is 2. The largest absolute Gasteiger partial charge is 0.369 e. The summed E-state index contributed by atoms with van der Waals surface area (Å²) in [6, 6.07) is 14.9. The van der Waals surface area contributed by atoms with Gasteiger partial charge in [-0.25, -0.2) is 4.99 Å². The van der Waals surface area contributed by atoms with Crippen LogP contribution in [-0.4, -0.2) is 11.9 Å². The molecule has 0 radical (unpaired) electrons. The van der Waals surface area contributed by atoms with Gasteiger partial charge in [-0.3, -0.25) is 4.79 Å². The molecule has 1 aliphatic heterocycles. The molecule has 1 amide bonds. The molecule has 0 saturated carbocycles. The van der Waals surface area contributed by atoms with Gasteiger partial charge in [-0.15, -0.1) is 0 Å². The van der Waals surface area contributed by atoms with Gasteiger partial charge < -0.3 is 16.4 Å². The molecule has 0 saturated heterocycles. The van der Waals surface area contributed by atoms with Gasteiger partial charge in [0, 0.05) is 11.3 Å². The summed E-state index contributed by atoms with van der Waals surface area (Å²) in [4.78, 5) is 17.4. The number of nitrogens with two attached hydrogens (primary N) is 2. The molecule has 0 aliphatic carbocycles. The van der Waals surface area contributed by atoms with Crippen LogP contribution in [0, 0.1) is 0 Å². The number of primary amides is 1. The average Bonchev–Trinajstić information content (AvgIpc) is 2.46.